The topological polar surface area (TPSA) is 96.8 Å². The maximum absolute atomic E-state index is 14.3. The number of fused-ring (bicyclic) bond motifs is 2. The summed E-state index contributed by atoms with van der Waals surface area (Å²) in [6.07, 6.45) is 2.21. The normalized spacial score (nSPS) is 15.7. The first-order chi connectivity index (χ1) is 15.7. The van der Waals surface area contributed by atoms with E-state index in [1.165, 1.54) is 29.0 Å². The Hall–Kier alpha value is -3.53. The van der Waals surface area contributed by atoms with Crippen LogP contribution in [-0.2, 0) is 23.3 Å². The molecule has 1 amide bonds. The molecular formula is C23H20F2N4O3S. The van der Waals surface area contributed by atoms with E-state index in [0.29, 0.717) is 29.4 Å². The molecule has 1 aliphatic rings. The predicted octanol–water partition coefficient (Wildman–Crippen LogP) is 3.74. The Labute approximate surface area is 188 Å². The van der Waals surface area contributed by atoms with Gasteiger partial charge in [-0.05, 0) is 61.7 Å². The number of nitrogens with zero attached hydrogens (tertiary/aromatic N) is 2. The lowest BCUT2D eigenvalue weighted by molar-refractivity contribution is 0.0927. The molecule has 10 heteroatoms. The molecule has 0 fully saturated rings. The van der Waals surface area contributed by atoms with Crippen LogP contribution in [0.2, 0.25) is 0 Å². The molecule has 0 unspecified atom stereocenters. The van der Waals surface area contributed by atoms with Gasteiger partial charge in [0.2, 0.25) is 9.84 Å². The van der Waals surface area contributed by atoms with Crippen molar-refractivity contribution in [2.24, 2.45) is 7.05 Å². The van der Waals surface area contributed by atoms with Gasteiger partial charge in [0.25, 0.3) is 5.91 Å². The van der Waals surface area contributed by atoms with Crippen molar-refractivity contribution in [2.75, 3.05) is 0 Å². The molecular weight excluding hydrogens is 450 g/mol. The number of benzene rings is 2. The van der Waals surface area contributed by atoms with Crippen LogP contribution in [0.25, 0.3) is 10.9 Å². The standard InChI is InChI=1S/C23H20F2N4O3S/c1-12-21(33(31,32)14-3-7-18-13(9-14)11-26-28-18)10-20(29(12)2)23(30)27-19-8-4-15-16(24)5-6-17(25)22(15)19/h3,5-7,9-11,19H,4,8H2,1-2H3,(H,26,28)(H,27,30)/t19-/m1/s1. The number of aromatic nitrogens is 3. The van der Waals surface area contributed by atoms with Gasteiger partial charge in [0.1, 0.15) is 17.3 Å². The molecule has 2 aromatic carbocycles. The van der Waals surface area contributed by atoms with Crippen molar-refractivity contribution in [3.63, 3.8) is 0 Å². The van der Waals surface area contributed by atoms with Crippen molar-refractivity contribution in [1.82, 2.24) is 20.1 Å². The molecule has 0 radical (unpaired) electrons. The molecule has 4 aromatic rings. The van der Waals surface area contributed by atoms with Gasteiger partial charge in [-0.1, -0.05) is 0 Å². The first-order valence-corrected chi connectivity index (χ1v) is 11.8. The second-order valence-electron chi connectivity index (χ2n) is 8.15. The van der Waals surface area contributed by atoms with Crippen molar-refractivity contribution in [2.45, 2.75) is 35.6 Å². The van der Waals surface area contributed by atoms with Crippen molar-refractivity contribution in [3.05, 3.63) is 76.7 Å². The van der Waals surface area contributed by atoms with Crippen LogP contribution in [-0.4, -0.2) is 29.1 Å². The van der Waals surface area contributed by atoms with E-state index < -0.39 is 33.4 Å². The number of amides is 1. The quantitative estimate of drug-likeness (QED) is 0.475. The lowest BCUT2D eigenvalue weighted by atomic mass is 10.1. The second kappa shape index (κ2) is 7.51. The molecule has 2 heterocycles. The summed E-state index contributed by atoms with van der Waals surface area (Å²) >= 11 is 0. The number of carbonyl (C=O) groups excluding carboxylic acids is 1. The summed E-state index contributed by atoms with van der Waals surface area (Å²) < 4.78 is 56.5. The van der Waals surface area contributed by atoms with Gasteiger partial charge in [-0.2, -0.15) is 5.10 Å². The average molecular weight is 471 g/mol. The molecule has 7 nitrogen and oxygen atoms in total. The fraction of sp³-hybridized carbons (Fsp3) is 0.217. The molecule has 0 saturated heterocycles. The minimum absolute atomic E-state index is 0.00189. The Bertz CT molecular complexity index is 1540. The minimum atomic E-state index is -3.91. The number of H-pyrrole nitrogens is 1. The molecule has 0 bridgehead atoms. The number of hydrogen-bond donors (Lipinski definition) is 2. The molecule has 170 valence electrons. The fourth-order valence-electron chi connectivity index (χ4n) is 4.43. The summed E-state index contributed by atoms with van der Waals surface area (Å²) in [6, 6.07) is 7.39. The third-order valence-electron chi connectivity index (χ3n) is 6.32. The first-order valence-electron chi connectivity index (χ1n) is 10.3. The van der Waals surface area contributed by atoms with Crippen molar-refractivity contribution in [3.8, 4) is 0 Å². The molecule has 5 rings (SSSR count). The van der Waals surface area contributed by atoms with Gasteiger partial charge in [0.05, 0.1) is 27.5 Å². The van der Waals surface area contributed by atoms with Gasteiger partial charge < -0.3 is 9.88 Å². The Kier molecular flexibility index (Phi) is 4.86. The van der Waals surface area contributed by atoms with Crippen LogP contribution in [0.1, 0.15) is 39.8 Å². The van der Waals surface area contributed by atoms with Gasteiger partial charge in [-0.3, -0.25) is 9.89 Å². The number of nitrogens with one attached hydrogen (secondary N) is 2. The lowest BCUT2D eigenvalue weighted by Gasteiger charge is -2.15. The number of aromatic amines is 1. The van der Waals surface area contributed by atoms with Gasteiger partial charge in [0, 0.05) is 23.7 Å². The van der Waals surface area contributed by atoms with E-state index in [2.05, 4.69) is 15.5 Å². The molecule has 0 aliphatic heterocycles. The molecule has 2 aromatic heterocycles. The highest BCUT2D eigenvalue weighted by molar-refractivity contribution is 7.91. The van der Waals surface area contributed by atoms with Gasteiger partial charge in [0.15, 0.2) is 0 Å². The van der Waals surface area contributed by atoms with Crippen molar-refractivity contribution < 1.29 is 22.0 Å². The second-order valence-corrected chi connectivity index (χ2v) is 10.1. The van der Waals surface area contributed by atoms with E-state index in [-0.39, 0.29) is 26.6 Å². The molecule has 1 atom stereocenters. The van der Waals surface area contributed by atoms with Crippen molar-refractivity contribution >= 4 is 26.6 Å². The number of halogens is 2. The maximum atomic E-state index is 14.3. The Morgan fingerprint density at radius 1 is 1.18 bits per heavy atom. The van der Waals surface area contributed by atoms with E-state index >= 15 is 0 Å². The highest BCUT2D eigenvalue weighted by atomic mass is 32.2. The Balaban J connectivity index is 1.48. The minimum Gasteiger partial charge on any atom is -0.344 e. The summed E-state index contributed by atoms with van der Waals surface area (Å²) in [4.78, 5) is 13.1. The zero-order chi connectivity index (χ0) is 23.5. The number of carbonyl (C=O) groups is 1. The van der Waals surface area contributed by atoms with E-state index in [1.54, 1.807) is 20.0 Å². The summed E-state index contributed by atoms with van der Waals surface area (Å²) in [7, 11) is -2.33. The highest BCUT2D eigenvalue weighted by Crippen LogP contribution is 2.35. The van der Waals surface area contributed by atoms with Gasteiger partial charge >= 0.3 is 0 Å². The van der Waals surface area contributed by atoms with E-state index in [0.717, 1.165) is 12.1 Å². The van der Waals surface area contributed by atoms with Gasteiger partial charge in [-0.15, -0.1) is 0 Å². The SMILES string of the molecule is Cc1c(S(=O)(=O)c2ccc3[nH]ncc3c2)cc(C(=O)N[C@@H]2CCc3c(F)ccc(F)c32)n1C. The first kappa shape index (κ1) is 21.3. The smallest absolute Gasteiger partial charge is 0.268 e. The Morgan fingerprint density at radius 3 is 2.73 bits per heavy atom. The van der Waals surface area contributed by atoms with Crippen molar-refractivity contribution in [1.29, 1.82) is 0 Å². The van der Waals surface area contributed by atoms with Crippen LogP contribution >= 0.6 is 0 Å². The van der Waals surface area contributed by atoms with E-state index in [4.69, 9.17) is 0 Å². The number of hydrogen-bond acceptors (Lipinski definition) is 4. The van der Waals surface area contributed by atoms with Crippen LogP contribution < -0.4 is 5.32 Å². The zero-order valence-electron chi connectivity index (χ0n) is 17.8. The lowest BCUT2D eigenvalue weighted by Crippen LogP contribution is -2.29. The average Bonchev–Trinajstić information content (AvgIpc) is 3.49. The van der Waals surface area contributed by atoms with Crippen LogP contribution in [0.4, 0.5) is 8.78 Å². The molecule has 33 heavy (non-hydrogen) atoms. The fourth-order valence-corrected chi connectivity index (χ4v) is 6.00. The summed E-state index contributed by atoms with van der Waals surface area (Å²) in [5.74, 6) is -1.63. The zero-order valence-corrected chi connectivity index (χ0v) is 18.6. The Morgan fingerprint density at radius 2 is 1.94 bits per heavy atom. The molecule has 2 N–H and O–H groups in total. The summed E-state index contributed by atoms with van der Waals surface area (Å²) in [5, 5.41) is 10.1. The van der Waals surface area contributed by atoms with Crippen LogP contribution in [0.15, 0.2) is 52.4 Å². The van der Waals surface area contributed by atoms with E-state index in [9.17, 15) is 22.0 Å². The van der Waals surface area contributed by atoms with Crippen LogP contribution in [0.3, 0.4) is 0 Å². The molecule has 0 saturated carbocycles. The van der Waals surface area contributed by atoms with Gasteiger partial charge in [-0.25, -0.2) is 17.2 Å². The largest absolute Gasteiger partial charge is 0.344 e. The third-order valence-corrected chi connectivity index (χ3v) is 8.18. The number of rotatable bonds is 4. The predicted molar refractivity (Wildman–Crippen MR) is 117 cm³/mol. The molecule has 0 spiro atoms. The van der Waals surface area contributed by atoms with E-state index in [1.807, 2.05) is 0 Å². The molecule has 1 aliphatic carbocycles. The summed E-state index contributed by atoms with van der Waals surface area (Å²) in [6.45, 7) is 1.61. The third kappa shape index (κ3) is 3.32. The summed E-state index contributed by atoms with van der Waals surface area (Å²) in [5.41, 5.74) is 1.62. The maximum Gasteiger partial charge on any atom is 0.268 e. The van der Waals surface area contributed by atoms with Crippen LogP contribution in [0, 0.1) is 18.6 Å². The number of sulfone groups is 1. The highest BCUT2D eigenvalue weighted by Gasteiger charge is 2.32. The van der Waals surface area contributed by atoms with Crippen LogP contribution in [0.5, 0.6) is 0 Å². The monoisotopic (exact) mass is 470 g/mol.